The largest absolute Gasteiger partial charge is 0.396 e. The third-order valence-corrected chi connectivity index (χ3v) is 7.86. The first kappa shape index (κ1) is 24.4. The van der Waals surface area contributed by atoms with Crippen LogP contribution < -0.4 is 0 Å². The Hall–Kier alpha value is -1.28. The van der Waals surface area contributed by atoms with Crippen molar-refractivity contribution in [3.8, 4) is 0 Å². The number of likely N-dealkylation sites (tertiary alicyclic amines) is 1. The Labute approximate surface area is 191 Å². The molecule has 31 heavy (non-hydrogen) atoms. The standard InChI is InChI=1S/C24H40N4O2S/c1-5-22-15-20(23(31-22)9-13-29)7-6-19-8-11-27(18(2)14-19)16-21-17-28(26-25-21)12-10-24(3,4)30/h15,17-19,29-30H,5-14,16H2,1-4H3/t18-,19+/m0/s1. The fraction of sp³-hybridized carbons (Fsp3) is 0.750. The van der Waals surface area contributed by atoms with Crippen LogP contribution in [-0.2, 0) is 32.4 Å². The molecule has 0 saturated carbocycles. The van der Waals surface area contributed by atoms with Crippen LogP contribution in [0.25, 0.3) is 0 Å². The maximum absolute atomic E-state index is 9.90. The predicted octanol–water partition coefficient (Wildman–Crippen LogP) is 3.83. The Morgan fingerprint density at radius 1 is 1.29 bits per heavy atom. The van der Waals surface area contributed by atoms with Gasteiger partial charge in [0.25, 0.3) is 0 Å². The summed E-state index contributed by atoms with van der Waals surface area (Å²) in [5.41, 5.74) is 1.80. The molecule has 0 aromatic carbocycles. The zero-order chi connectivity index (χ0) is 22.4. The molecule has 1 fully saturated rings. The van der Waals surface area contributed by atoms with Crippen LogP contribution in [0.1, 0.15) is 74.4 Å². The van der Waals surface area contributed by atoms with E-state index in [0.717, 1.165) is 44.0 Å². The summed E-state index contributed by atoms with van der Waals surface area (Å²) in [6.07, 6.45) is 9.41. The van der Waals surface area contributed by atoms with E-state index in [2.05, 4.69) is 35.1 Å². The van der Waals surface area contributed by atoms with Crippen LogP contribution in [0.15, 0.2) is 12.3 Å². The van der Waals surface area contributed by atoms with Gasteiger partial charge in [0.15, 0.2) is 0 Å². The van der Waals surface area contributed by atoms with Crippen molar-refractivity contribution < 1.29 is 10.2 Å². The van der Waals surface area contributed by atoms with Gasteiger partial charge in [-0.1, -0.05) is 12.1 Å². The first-order chi connectivity index (χ1) is 14.8. The van der Waals surface area contributed by atoms with E-state index in [4.69, 9.17) is 0 Å². The van der Waals surface area contributed by atoms with E-state index in [0.29, 0.717) is 19.0 Å². The Balaban J connectivity index is 1.47. The molecule has 7 heteroatoms. The molecular weight excluding hydrogens is 408 g/mol. The molecule has 0 aliphatic carbocycles. The number of rotatable bonds is 11. The molecule has 0 amide bonds. The number of hydrogen-bond acceptors (Lipinski definition) is 6. The van der Waals surface area contributed by atoms with Gasteiger partial charge in [0.1, 0.15) is 0 Å². The smallest absolute Gasteiger partial charge is 0.0967 e. The van der Waals surface area contributed by atoms with Crippen molar-refractivity contribution in [1.29, 1.82) is 0 Å². The number of thiophene rings is 1. The summed E-state index contributed by atoms with van der Waals surface area (Å²) in [5.74, 6) is 0.765. The van der Waals surface area contributed by atoms with Gasteiger partial charge >= 0.3 is 0 Å². The van der Waals surface area contributed by atoms with Crippen molar-refractivity contribution in [2.75, 3.05) is 13.2 Å². The molecule has 3 rings (SSSR count). The molecule has 1 saturated heterocycles. The number of aliphatic hydroxyl groups excluding tert-OH is 1. The van der Waals surface area contributed by atoms with Gasteiger partial charge in [-0.15, -0.1) is 16.4 Å². The average Bonchev–Trinajstić information content (AvgIpc) is 3.33. The quantitative estimate of drug-likeness (QED) is 0.546. The highest BCUT2D eigenvalue weighted by atomic mass is 32.1. The van der Waals surface area contributed by atoms with Gasteiger partial charge in [0.05, 0.1) is 11.3 Å². The normalized spacial score (nSPS) is 20.5. The number of piperidine rings is 1. The monoisotopic (exact) mass is 448 g/mol. The summed E-state index contributed by atoms with van der Waals surface area (Å²) in [6, 6.07) is 2.92. The molecule has 0 bridgehead atoms. The Kier molecular flexibility index (Phi) is 8.67. The van der Waals surface area contributed by atoms with Gasteiger partial charge in [0.2, 0.25) is 0 Å². The lowest BCUT2D eigenvalue weighted by atomic mass is 9.86. The number of aliphatic hydroxyl groups is 2. The second-order valence-corrected chi connectivity index (χ2v) is 11.0. The van der Waals surface area contributed by atoms with Crippen LogP contribution in [0.5, 0.6) is 0 Å². The molecule has 2 aromatic heterocycles. The molecule has 174 valence electrons. The third kappa shape index (κ3) is 7.38. The van der Waals surface area contributed by atoms with E-state index in [1.54, 1.807) is 0 Å². The zero-order valence-corrected chi connectivity index (χ0v) is 20.5. The van der Waals surface area contributed by atoms with E-state index < -0.39 is 5.60 Å². The highest BCUT2D eigenvalue weighted by Gasteiger charge is 2.26. The minimum Gasteiger partial charge on any atom is -0.396 e. The fourth-order valence-electron chi connectivity index (χ4n) is 4.52. The fourth-order valence-corrected chi connectivity index (χ4v) is 5.67. The maximum Gasteiger partial charge on any atom is 0.0967 e. The minimum atomic E-state index is -0.678. The minimum absolute atomic E-state index is 0.245. The van der Waals surface area contributed by atoms with Crippen LogP contribution in [-0.4, -0.2) is 54.9 Å². The van der Waals surface area contributed by atoms with Gasteiger partial charge in [-0.05, 0) is 83.4 Å². The number of aryl methyl sites for hydroxylation is 3. The zero-order valence-electron chi connectivity index (χ0n) is 19.7. The summed E-state index contributed by atoms with van der Waals surface area (Å²) in [5, 5.41) is 27.9. The Bertz CT molecular complexity index is 811. The molecule has 2 aromatic rings. The molecule has 0 spiro atoms. The molecule has 3 heterocycles. The van der Waals surface area contributed by atoms with Crippen LogP contribution in [0, 0.1) is 5.92 Å². The molecule has 1 aliphatic rings. The molecular formula is C24H40N4O2S. The summed E-state index contributed by atoms with van der Waals surface area (Å²) in [6.45, 7) is 11.1. The first-order valence-electron chi connectivity index (χ1n) is 11.8. The van der Waals surface area contributed by atoms with E-state index >= 15 is 0 Å². The SMILES string of the molecule is CCc1cc(CC[C@@H]2CCN(Cc3cn(CCC(C)(C)O)nn3)[C@@H](C)C2)c(CCO)s1. The van der Waals surface area contributed by atoms with Crippen molar-refractivity contribution in [3.05, 3.63) is 33.3 Å². The van der Waals surface area contributed by atoms with Gasteiger partial charge in [0, 0.05) is 48.1 Å². The molecule has 6 nitrogen and oxygen atoms in total. The summed E-state index contributed by atoms with van der Waals surface area (Å²) >= 11 is 1.88. The molecule has 1 aliphatic heterocycles. The van der Waals surface area contributed by atoms with Crippen molar-refractivity contribution >= 4 is 11.3 Å². The second-order valence-electron chi connectivity index (χ2n) is 9.77. The molecule has 0 radical (unpaired) electrons. The average molecular weight is 449 g/mol. The van der Waals surface area contributed by atoms with Crippen LogP contribution in [0.3, 0.4) is 0 Å². The first-order valence-corrected chi connectivity index (χ1v) is 12.7. The van der Waals surface area contributed by atoms with Crippen molar-refractivity contribution in [3.63, 3.8) is 0 Å². The van der Waals surface area contributed by atoms with Gasteiger partial charge in [-0.2, -0.15) is 0 Å². The third-order valence-electron chi connectivity index (χ3n) is 6.48. The van der Waals surface area contributed by atoms with Crippen LogP contribution in [0.4, 0.5) is 0 Å². The highest BCUT2D eigenvalue weighted by Crippen LogP contribution is 2.30. The lowest BCUT2D eigenvalue weighted by Gasteiger charge is -2.37. The van der Waals surface area contributed by atoms with Gasteiger partial charge in [-0.3, -0.25) is 9.58 Å². The molecule has 2 N–H and O–H groups in total. The number of nitrogens with zero attached hydrogens (tertiary/aromatic N) is 4. The number of aromatic nitrogens is 3. The molecule has 0 unspecified atom stereocenters. The van der Waals surface area contributed by atoms with Crippen molar-refractivity contribution in [1.82, 2.24) is 19.9 Å². The Morgan fingerprint density at radius 3 is 2.77 bits per heavy atom. The lowest BCUT2D eigenvalue weighted by molar-refractivity contribution is 0.0649. The van der Waals surface area contributed by atoms with Gasteiger partial charge in [-0.25, -0.2) is 0 Å². The Morgan fingerprint density at radius 2 is 2.10 bits per heavy atom. The summed E-state index contributed by atoms with van der Waals surface area (Å²) in [4.78, 5) is 5.35. The van der Waals surface area contributed by atoms with Crippen LogP contribution in [0.2, 0.25) is 0 Å². The van der Waals surface area contributed by atoms with E-state index in [-0.39, 0.29) is 6.61 Å². The lowest BCUT2D eigenvalue weighted by Crippen LogP contribution is -2.40. The predicted molar refractivity (Wildman–Crippen MR) is 126 cm³/mol. The van der Waals surface area contributed by atoms with E-state index in [1.807, 2.05) is 36.1 Å². The van der Waals surface area contributed by atoms with E-state index in [9.17, 15) is 10.2 Å². The molecule has 2 atom stereocenters. The van der Waals surface area contributed by atoms with Crippen LogP contribution >= 0.6 is 11.3 Å². The topological polar surface area (TPSA) is 74.4 Å². The second kappa shape index (κ2) is 11.0. The summed E-state index contributed by atoms with van der Waals surface area (Å²) in [7, 11) is 0. The van der Waals surface area contributed by atoms with Crippen molar-refractivity contribution in [2.45, 2.75) is 97.4 Å². The number of hydrogen-bond donors (Lipinski definition) is 2. The maximum atomic E-state index is 9.90. The van der Waals surface area contributed by atoms with E-state index in [1.165, 1.54) is 34.6 Å². The van der Waals surface area contributed by atoms with Gasteiger partial charge < -0.3 is 10.2 Å². The highest BCUT2D eigenvalue weighted by molar-refractivity contribution is 7.12. The summed E-state index contributed by atoms with van der Waals surface area (Å²) < 4.78 is 1.85. The van der Waals surface area contributed by atoms with Crippen molar-refractivity contribution in [2.24, 2.45) is 5.92 Å².